The van der Waals surface area contributed by atoms with E-state index in [1.807, 2.05) is 0 Å². The van der Waals surface area contributed by atoms with Crippen molar-refractivity contribution in [3.8, 4) is 0 Å². The third kappa shape index (κ3) is 4.95. The summed E-state index contributed by atoms with van der Waals surface area (Å²) in [6.45, 7) is 0. The Bertz CT molecular complexity index is 619. The monoisotopic (exact) mass is 362 g/mol. The maximum atomic E-state index is 12.6. The molecule has 0 radical (unpaired) electrons. The first kappa shape index (κ1) is 18.2. The highest BCUT2D eigenvalue weighted by atomic mass is 32.1. The molecule has 3 N–H and O–H groups in total. The van der Waals surface area contributed by atoms with Gasteiger partial charge in [-0.2, -0.15) is 13.2 Å². The molecule has 0 aromatic heterocycles. The summed E-state index contributed by atoms with van der Waals surface area (Å²) in [7, 11) is 0. The van der Waals surface area contributed by atoms with E-state index < -0.39 is 22.4 Å². The minimum atomic E-state index is -4.64. The Morgan fingerprint density at radius 2 is 1.92 bits per heavy atom. The van der Waals surface area contributed by atoms with Crippen LogP contribution in [0.25, 0.3) is 0 Å². The number of nitro groups is 1. The summed E-state index contributed by atoms with van der Waals surface area (Å²) in [5.74, 6) is 0. The van der Waals surface area contributed by atoms with Gasteiger partial charge in [0.1, 0.15) is 5.69 Å². The summed E-state index contributed by atoms with van der Waals surface area (Å²) in [6.07, 6.45) is 0.740. The second-order valence-corrected chi connectivity index (χ2v) is 5.95. The first-order chi connectivity index (χ1) is 11.3. The SMILES string of the molecule is O=[N+]([O-])c1cc(C(F)(F)F)ccc1NNC(=S)NC1CCCCC1. The summed E-state index contributed by atoms with van der Waals surface area (Å²) >= 11 is 5.09. The van der Waals surface area contributed by atoms with Crippen molar-refractivity contribution in [2.45, 2.75) is 44.3 Å². The van der Waals surface area contributed by atoms with Gasteiger partial charge in [-0.15, -0.1) is 0 Å². The number of nitrogens with one attached hydrogen (secondary N) is 3. The largest absolute Gasteiger partial charge is 0.416 e. The van der Waals surface area contributed by atoms with Crippen LogP contribution in [0.15, 0.2) is 18.2 Å². The van der Waals surface area contributed by atoms with Crippen molar-refractivity contribution in [2.75, 3.05) is 5.43 Å². The van der Waals surface area contributed by atoms with E-state index in [0.717, 1.165) is 37.8 Å². The summed E-state index contributed by atoms with van der Waals surface area (Å²) in [6, 6.07) is 2.50. The van der Waals surface area contributed by atoms with E-state index in [1.54, 1.807) is 0 Å². The average molecular weight is 362 g/mol. The molecule has 1 aliphatic rings. The number of nitro benzene ring substituents is 1. The molecule has 1 aromatic rings. The summed E-state index contributed by atoms with van der Waals surface area (Å²) in [4.78, 5) is 10.1. The molecule has 0 saturated heterocycles. The van der Waals surface area contributed by atoms with E-state index in [1.165, 1.54) is 6.42 Å². The molecule has 132 valence electrons. The van der Waals surface area contributed by atoms with Gasteiger partial charge in [0.15, 0.2) is 5.11 Å². The van der Waals surface area contributed by atoms with E-state index in [4.69, 9.17) is 12.2 Å². The molecule has 0 spiro atoms. The van der Waals surface area contributed by atoms with Gasteiger partial charge in [0.2, 0.25) is 0 Å². The molecule has 0 heterocycles. The van der Waals surface area contributed by atoms with E-state index >= 15 is 0 Å². The smallest absolute Gasteiger partial charge is 0.359 e. The molecule has 0 unspecified atom stereocenters. The number of hydrogen-bond acceptors (Lipinski definition) is 4. The Morgan fingerprint density at radius 1 is 1.25 bits per heavy atom. The first-order valence-corrected chi connectivity index (χ1v) is 7.86. The van der Waals surface area contributed by atoms with Gasteiger partial charge in [-0.25, -0.2) is 0 Å². The topological polar surface area (TPSA) is 79.2 Å². The molecule has 6 nitrogen and oxygen atoms in total. The van der Waals surface area contributed by atoms with Crippen LogP contribution < -0.4 is 16.2 Å². The molecule has 0 amide bonds. The molecule has 1 saturated carbocycles. The van der Waals surface area contributed by atoms with E-state index in [-0.39, 0.29) is 16.8 Å². The van der Waals surface area contributed by atoms with Crippen molar-refractivity contribution in [2.24, 2.45) is 0 Å². The third-order valence-electron chi connectivity index (χ3n) is 3.77. The van der Waals surface area contributed by atoms with Gasteiger partial charge in [0.25, 0.3) is 5.69 Å². The Hall–Kier alpha value is -2.10. The fourth-order valence-corrected chi connectivity index (χ4v) is 2.77. The number of alkyl halides is 3. The van der Waals surface area contributed by atoms with Gasteiger partial charge < -0.3 is 5.32 Å². The van der Waals surface area contributed by atoms with Crippen LogP contribution in [0.4, 0.5) is 24.5 Å². The fraction of sp³-hybridized carbons (Fsp3) is 0.500. The van der Waals surface area contributed by atoms with Crippen LogP contribution in [0.5, 0.6) is 0 Å². The predicted octanol–water partition coefficient (Wildman–Crippen LogP) is 3.74. The minimum absolute atomic E-state index is 0.0965. The average Bonchev–Trinajstić information content (AvgIpc) is 2.52. The molecule has 24 heavy (non-hydrogen) atoms. The van der Waals surface area contributed by atoms with Crippen molar-refractivity contribution >= 4 is 28.7 Å². The lowest BCUT2D eigenvalue weighted by molar-refractivity contribution is -0.384. The molecule has 0 atom stereocenters. The Labute approximate surface area is 141 Å². The van der Waals surface area contributed by atoms with Crippen LogP contribution in [-0.4, -0.2) is 16.1 Å². The Morgan fingerprint density at radius 3 is 2.50 bits per heavy atom. The Balaban J connectivity index is 2.00. The maximum absolute atomic E-state index is 12.6. The van der Waals surface area contributed by atoms with E-state index in [9.17, 15) is 23.3 Å². The molecule has 10 heteroatoms. The second-order valence-electron chi connectivity index (χ2n) is 5.55. The highest BCUT2D eigenvalue weighted by Crippen LogP contribution is 2.34. The lowest BCUT2D eigenvalue weighted by Gasteiger charge is -2.24. The van der Waals surface area contributed by atoms with Gasteiger partial charge in [-0.05, 0) is 37.2 Å². The quantitative estimate of drug-likeness (QED) is 0.430. The van der Waals surface area contributed by atoms with Gasteiger partial charge in [-0.3, -0.25) is 21.0 Å². The number of thiocarbonyl (C=S) groups is 1. The van der Waals surface area contributed by atoms with Crippen molar-refractivity contribution in [1.29, 1.82) is 0 Å². The standard InChI is InChI=1S/C14H17F3N4O2S/c15-14(16,17)9-6-7-11(12(8-9)21(22)23)19-20-13(24)18-10-4-2-1-3-5-10/h6-8,10,19H,1-5H2,(H2,18,20,24). The van der Waals surface area contributed by atoms with Crippen LogP contribution in [0.1, 0.15) is 37.7 Å². The van der Waals surface area contributed by atoms with Crippen molar-refractivity contribution < 1.29 is 18.1 Å². The first-order valence-electron chi connectivity index (χ1n) is 7.45. The van der Waals surface area contributed by atoms with Gasteiger partial charge in [0.05, 0.1) is 10.5 Å². The summed E-state index contributed by atoms with van der Waals surface area (Å²) < 4.78 is 37.9. The van der Waals surface area contributed by atoms with Gasteiger partial charge in [0, 0.05) is 12.1 Å². The molecule has 1 fully saturated rings. The minimum Gasteiger partial charge on any atom is -0.359 e. The number of halogens is 3. The molecular formula is C14H17F3N4O2S. The molecular weight excluding hydrogens is 345 g/mol. The number of anilines is 1. The summed E-state index contributed by atoms with van der Waals surface area (Å²) in [5.41, 5.74) is 3.22. The normalized spacial score (nSPS) is 15.6. The third-order valence-corrected chi connectivity index (χ3v) is 3.99. The lowest BCUT2D eigenvalue weighted by Crippen LogP contribution is -2.44. The molecule has 0 aliphatic heterocycles. The highest BCUT2D eigenvalue weighted by molar-refractivity contribution is 7.80. The van der Waals surface area contributed by atoms with E-state index in [0.29, 0.717) is 6.07 Å². The zero-order chi connectivity index (χ0) is 17.7. The van der Waals surface area contributed by atoms with Crippen LogP contribution in [0.2, 0.25) is 0 Å². The molecule has 1 aliphatic carbocycles. The van der Waals surface area contributed by atoms with Crippen molar-refractivity contribution in [1.82, 2.24) is 10.7 Å². The number of hydrogen-bond donors (Lipinski definition) is 3. The van der Waals surface area contributed by atoms with Crippen molar-refractivity contribution in [3.63, 3.8) is 0 Å². The maximum Gasteiger partial charge on any atom is 0.416 e. The zero-order valence-corrected chi connectivity index (χ0v) is 13.5. The molecule has 1 aromatic carbocycles. The zero-order valence-electron chi connectivity index (χ0n) is 12.7. The second kappa shape index (κ2) is 7.65. The summed E-state index contributed by atoms with van der Waals surface area (Å²) in [5, 5.41) is 14.3. The molecule has 2 rings (SSSR count). The number of nitrogens with zero attached hydrogens (tertiary/aromatic N) is 1. The fourth-order valence-electron chi connectivity index (χ4n) is 2.56. The van der Waals surface area contributed by atoms with Gasteiger partial charge in [-0.1, -0.05) is 19.3 Å². The molecule has 0 bridgehead atoms. The highest BCUT2D eigenvalue weighted by Gasteiger charge is 2.33. The van der Waals surface area contributed by atoms with Gasteiger partial charge >= 0.3 is 6.18 Å². The van der Waals surface area contributed by atoms with Crippen molar-refractivity contribution in [3.05, 3.63) is 33.9 Å². The van der Waals surface area contributed by atoms with Crippen LogP contribution >= 0.6 is 12.2 Å². The lowest BCUT2D eigenvalue weighted by atomic mass is 9.96. The number of rotatable bonds is 4. The van der Waals surface area contributed by atoms with Crippen LogP contribution in [0.3, 0.4) is 0 Å². The predicted molar refractivity (Wildman–Crippen MR) is 87.5 cm³/mol. The van der Waals surface area contributed by atoms with Crippen LogP contribution in [-0.2, 0) is 6.18 Å². The van der Waals surface area contributed by atoms with Crippen LogP contribution in [0, 0.1) is 10.1 Å². The number of benzene rings is 1. The van der Waals surface area contributed by atoms with E-state index in [2.05, 4.69) is 16.2 Å². The Kier molecular flexibility index (Phi) is 5.81. The number of hydrazine groups is 1.